The van der Waals surface area contributed by atoms with Crippen LogP contribution in [0.1, 0.15) is 19.0 Å². The van der Waals surface area contributed by atoms with Gasteiger partial charge in [0.25, 0.3) is 0 Å². The smallest absolute Gasteiger partial charge is 0.203 e. The second-order valence-corrected chi connectivity index (χ2v) is 6.09. The van der Waals surface area contributed by atoms with E-state index in [2.05, 4.69) is 32.1 Å². The fraction of sp³-hybridized carbons (Fsp3) is 0.250. The highest BCUT2D eigenvalue weighted by atomic mass is 32.1. The van der Waals surface area contributed by atoms with Gasteiger partial charge in [0.15, 0.2) is 5.01 Å². The predicted molar refractivity (Wildman–Crippen MR) is 80.5 cm³/mol. The van der Waals surface area contributed by atoms with Gasteiger partial charge in [-0.2, -0.15) is 0 Å². The van der Waals surface area contributed by atoms with Crippen LogP contribution in [0.15, 0.2) is 18.6 Å². The van der Waals surface area contributed by atoms with Gasteiger partial charge < -0.3 is 5.73 Å². The summed E-state index contributed by atoms with van der Waals surface area (Å²) < 4.78 is 0. The van der Waals surface area contributed by atoms with Gasteiger partial charge in [-0.1, -0.05) is 24.7 Å². The first kappa shape index (κ1) is 13.1. The highest BCUT2D eigenvalue weighted by Crippen LogP contribution is 2.37. The number of nitrogens with zero attached hydrogens (tertiary/aromatic N) is 5. The molecule has 0 atom stereocenters. The van der Waals surface area contributed by atoms with Gasteiger partial charge in [-0.3, -0.25) is 9.97 Å². The van der Waals surface area contributed by atoms with Crippen LogP contribution in [0.2, 0.25) is 0 Å². The van der Waals surface area contributed by atoms with Crippen molar-refractivity contribution in [1.29, 1.82) is 0 Å². The minimum Gasteiger partial charge on any atom is -0.374 e. The number of aryl methyl sites for hydroxylation is 1. The molecule has 0 bridgehead atoms. The van der Waals surface area contributed by atoms with Gasteiger partial charge >= 0.3 is 0 Å². The molecule has 3 heterocycles. The summed E-state index contributed by atoms with van der Waals surface area (Å²) in [5.41, 5.74) is 7.46. The lowest BCUT2D eigenvalue weighted by atomic mass is 10.2. The third-order valence-electron chi connectivity index (χ3n) is 2.60. The first-order valence-corrected chi connectivity index (χ1v) is 7.76. The maximum atomic E-state index is 5.66. The minimum atomic E-state index is 0.469. The van der Waals surface area contributed by atoms with E-state index < -0.39 is 0 Å². The van der Waals surface area contributed by atoms with Crippen LogP contribution in [-0.2, 0) is 6.42 Å². The van der Waals surface area contributed by atoms with E-state index in [-0.39, 0.29) is 0 Å². The van der Waals surface area contributed by atoms with Crippen LogP contribution in [0.3, 0.4) is 0 Å². The molecule has 0 aliphatic heterocycles. The summed E-state index contributed by atoms with van der Waals surface area (Å²) in [6, 6.07) is 0. The number of nitrogens with two attached hydrogens (primary N) is 1. The Balaban J connectivity index is 2.07. The van der Waals surface area contributed by atoms with Crippen molar-refractivity contribution in [3.8, 4) is 20.6 Å². The van der Waals surface area contributed by atoms with E-state index >= 15 is 0 Å². The van der Waals surface area contributed by atoms with E-state index in [1.54, 1.807) is 29.9 Å². The van der Waals surface area contributed by atoms with Gasteiger partial charge in [0.1, 0.15) is 10.7 Å². The van der Waals surface area contributed by atoms with E-state index in [0.29, 0.717) is 5.13 Å². The number of hydrogen-bond acceptors (Lipinski definition) is 8. The van der Waals surface area contributed by atoms with Crippen molar-refractivity contribution >= 4 is 27.8 Å². The second-order valence-electron chi connectivity index (χ2n) is 4.08. The first-order chi connectivity index (χ1) is 9.78. The SMILES string of the molecule is CCCc1nc(-c2cnccn2)sc1-c1nnc(N)s1. The molecule has 20 heavy (non-hydrogen) atoms. The molecule has 3 aromatic heterocycles. The molecule has 8 heteroatoms. The molecule has 0 radical (unpaired) electrons. The third-order valence-corrected chi connectivity index (χ3v) is 4.63. The molecule has 0 saturated carbocycles. The van der Waals surface area contributed by atoms with Crippen LogP contribution in [0, 0.1) is 0 Å². The van der Waals surface area contributed by atoms with Gasteiger partial charge in [0.05, 0.1) is 16.8 Å². The highest BCUT2D eigenvalue weighted by molar-refractivity contribution is 7.24. The molecule has 102 valence electrons. The van der Waals surface area contributed by atoms with Gasteiger partial charge in [0.2, 0.25) is 5.13 Å². The van der Waals surface area contributed by atoms with Gasteiger partial charge in [0, 0.05) is 12.4 Å². The zero-order valence-corrected chi connectivity index (χ0v) is 12.4. The highest BCUT2D eigenvalue weighted by Gasteiger charge is 2.17. The molecular weight excluding hydrogens is 292 g/mol. The Morgan fingerprint density at radius 2 is 2.05 bits per heavy atom. The van der Waals surface area contributed by atoms with Crippen molar-refractivity contribution in [1.82, 2.24) is 25.1 Å². The fourth-order valence-corrected chi connectivity index (χ4v) is 3.55. The maximum Gasteiger partial charge on any atom is 0.203 e. The topological polar surface area (TPSA) is 90.5 Å². The summed E-state index contributed by atoms with van der Waals surface area (Å²) in [6.07, 6.45) is 6.94. The molecule has 0 spiro atoms. The number of thiazole rings is 1. The van der Waals surface area contributed by atoms with Crippen LogP contribution in [0.5, 0.6) is 0 Å². The number of nitrogen functional groups attached to an aromatic ring is 1. The summed E-state index contributed by atoms with van der Waals surface area (Å²) in [6.45, 7) is 2.12. The van der Waals surface area contributed by atoms with Crippen molar-refractivity contribution < 1.29 is 0 Å². The molecule has 0 amide bonds. The Morgan fingerprint density at radius 3 is 2.70 bits per heavy atom. The Hall–Kier alpha value is -1.93. The van der Waals surface area contributed by atoms with Crippen molar-refractivity contribution in [2.75, 3.05) is 5.73 Å². The van der Waals surface area contributed by atoms with Crippen LogP contribution >= 0.6 is 22.7 Å². The monoisotopic (exact) mass is 304 g/mol. The van der Waals surface area contributed by atoms with E-state index in [9.17, 15) is 0 Å². The fourth-order valence-electron chi connectivity index (χ4n) is 1.77. The summed E-state index contributed by atoms with van der Waals surface area (Å²) in [5.74, 6) is 0. The molecule has 0 aliphatic rings. The summed E-state index contributed by atoms with van der Waals surface area (Å²) >= 11 is 2.94. The summed E-state index contributed by atoms with van der Waals surface area (Å²) in [5, 5.41) is 10.1. The zero-order valence-electron chi connectivity index (χ0n) is 10.8. The Morgan fingerprint density at radius 1 is 1.15 bits per heavy atom. The van der Waals surface area contributed by atoms with Gasteiger partial charge in [-0.25, -0.2) is 4.98 Å². The maximum absolute atomic E-state index is 5.66. The number of hydrogen-bond donors (Lipinski definition) is 1. The minimum absolute atomic E-state index is 0.469. The Kier molecular flexibility index (Phi) is 3.66. The molecular formula is C12H12N6S2. The van der Waals surface area contributed by atoms with E-state index in [0.717, 1.165) is 39.1 Å². The zero-order chi connectivity index (χ0) is 13.9. The first-order valence-electron chi connectivity index (χ1n) is 6.13. The largest absolute Gasteiger partial charge is 0.374 e. The van der Waals surface area contributed by atoms with Crippen LogP contribution in [0.4, 0.5) is 5.13 Å². The van der Waals surface area contributed by atoms with Crippen LogP contribution < -0.4 is 5.73 Å². The quantitative estimate of drug-likeness (QED) is 0.797. The summed E-state index contributed by atoms with van der Waals surface area (Å²) in [4.78, 5) is 14.1. The van der Waals surface area contributed by atoms with Crippen molar-refractivity contribution in [3.63, 3.8) is 0 Å². The number of anilines is 1. The van der Waals surface area contributed by atoms with E-state index in [4.69, 9.17) is 5.73 Å². The average molecular weight is 304 g/mol. The lowest BCUT2D eigenvalue weighted by Gasteiger charge is -1.94. The molecule has 0 aliphatic carbocycles. The van der Waals surface area contributed by atoms with E-state index in [1.807, 2.05) is 0 Å². The normalized spacial score (nSPS) is 10.8. The van der Waals surface area contributed by atoms with Gasteiger partial charge in [-0.15, -0.1) is 21.5 Å². The Bertz CT molecular complexity index is 706. The van der Waals surface area contributed by atoms with Crippen LogP contribution in [-0.4, -0.2) is 25.1 Å². The predicted octanol–water partition coefficient (Wildman–Crippen LogP) is 2.65. The molecule has 6 nitrogen and oxygen atoms in total. The molecule has 0 fully saturated rings. The Labute approximate surface area is 123 Å². The standard InChI is InChI=1S/C12H12N6S2/c1-2-3-7-9(11-17-18-12(13)20-11)19-10(16-7)8-6-14-4-5-15-8/h4-6H,2-3H2,1H3,(H2,13,18). The molecule has 3 aromatic rings. The molecule has 2 N–H and O–H groups in total. The lowest BCUT2D eigenvalue weighted by Crippen LogP contribution is -1.88. The lowest BCUT2D eigenvalue weighted by molar-refractivity contribution is 0.893. The second kappa shape index (κ2) is 5.59. The number of aromatic nitrogens is 5. The third kappa shape index (κ3) is 2.52. The van der Waals surface area contributed by atoms with Gasteiger partial charge in [-0.05, 0) is 6.42 Å². The number of rotatable bonds is 4. The summed E-state index contributed by atoms with van der Waals surface area (Å²) in [7, 11) is 0. The average Bonchev–Trinajstić information content (AvgIpc) is 3.07. The molecule has 0 unspecified atom stereocenters. The molecule has 3 rings (SSSR count). The molecule has 0 saturated heterocycles. The van der Waals surface area contributed by atoms with Crippen LogP contribution in [0.25, 0.3) is 20.6 Å². The molecule has 0 aromatic carbocycles. The van der Waals surface area contributed by atoms with Crippen molar-refractivity contribution in [2.24, 2.45) is 0 Å². The van der Waals surface area contributed by atoms with Crippen molar-refractivity contribution in [2.45, 2.75) is 19.8 Å². The van der Waals surface area contributed by atoms with Crippen molar-refractivity contribution in [3.05, 3.63) is 24.3 Å². The van der Waals surface area contributed by atoms with E-state index in [1.165, 1.54) is 11.3 Å².